The second kappa shape index (κ2) is 5.83. The number of carbonyl (C=O) groups excluding carboxylic acids is 1. The molecule has 17 heavy (non-hydrogen) atoms. The maximum Gasteiger partial charge on any atom is 0.239 e. The first-order chi connectivity index (χ1) is 8.24. The Morgan fingerprint density at radius 2 is 2.00 bits per heavy atom. The summed E-state index contributed by atoms with van der Waals surface area (Å²) in [5.74, 6) is 0.240. The number of likely N-dealkylation sites (tertiary alicyclic amines) is 1. The molecule has 0 aromatic rings. The number of hydrogen-bond acceptors (Lipinski definition) is 3. The predicted octanol–water partition coefficient (Wildman–Crippen LogP) is 0.844. The van der Waals surface area contributed by atoms with Gasteiger partial charge in [0.25, 0.3) is 0 Å². The molecule has 1 atom stereocenters. The van der Waals surface area contributed by atoms with Crippen molar-refractivity contribution in [3.63, 3.8) is 0 Å². The van der Waals surface area contributed by atoms with E-state index in [2.05, 4.69) is 4.90 Å². The summed E-state index contributed by atoms with van der Waals surface area (Å²) in [7, 11) is 1.88. The number of aliphatic hydroxyl groups is 1. The molecule has 1 N–H and O–H groups in total. The first-order valence-corrected chi connectivity index (χ1v) is 6.85. The minimum Gasteiger partial charge on any atom is -0.395 e. The Kier molecular flexibility index (Phi) is 4.40. The SMILES string of the molecule is CN1CCC(N(CCO)C2CCCCC2)C1=O. The van der Waals surface area contributed by atoms with Gasteiger partial charge in [-0.3, -0.25) is 9.69 Å². The van der Waals surface area contributed by atoms with Crippen molar-refractivity contribution in [3.05, 3.63) is 0 Å². The van der Waals surface area contributed by atoms with Crippen LogP contribution in [0.2, 0.25) is 0 Å². The molecule has 0 radical (unpaired) electrons. The largest absolute Gasteiger partial charge is 0.395 e. The first kappa shape index (κ1) is 12.8. The van der Waals surface area contributed by atoms with Crippen LogP contribution in [0.15, 0.2) is 0 Å². The number of rotatable bonds is 4. The van der Waals surface area contributed by atoms with E-state index < -0.39 is 0 Å². The Bertz CT molecular complexity index is 264. The highest BCUT2D eigenvalue weighted by Crippen LogP contribution is 2.27. The fraction of sp³-hybridized carbons (Fsp3) is 0.923. The lowest BCUT2D eigenvalue weighted by molar-refractivity contribution is -0.132. The maximum absolute atomic E-state index is 12.1. The molecule has 4 heteroatoms. The molecule has 0 bridgehead atoms. The van der Waals surface area contributed by atoms with Gasteiger partial charge in [0.1, 0.15) is 0 Å². The highest BCUT2D eigenvalue weighted by Gasteiger charge is 2.37. The summed E-state index contributed by atoms with van der Waals surface area (Å²) in [5.41, 5.74) is 0. The molecule has 98 valence electrons. The van der Waals surface area contributed by atoms with Crippen molar-refractivity contribution in [2.24, 2.45) is 0 Å². The summed E-state index contributed by atoms with van der Waals surface area (Å²) in [6.45, 7) is 1.66. The smallest absolute Gasteiger partial charge is 0.239 e. The Morgan fingerprint density at radius 3 is 2.53 bits per heavy atom. The van der Waals surface area contributed by atoms with Gasteiger partial charge in [-0.05, 0) is 19.3 Å². The molecule has 1 saturated carbocycles. The lowest BCUT2D eigenvalue weighted by Gasteiger charge is -2.37. The monoisotopic (exact) mass is 240 g/mol. The number of nitrogens with zero attached hydrogens (tertiary/aromatic N) is 2. The average molecular weight is 240 g/mol. The van der Waals surface area contributed by atoms with Crippen LogP contribution >= 0.6 is 0 Å². The summed E-state index contributed by atoms with van der Waals surface area (Å²) in [4.78, 5) is 16.2. The zero-order chi connectivity index (χ0) is 12.3. The van der Waals surface area contributed by atoms with Gasteiger partial charge in [-0.25, -0.2) is 0 Å². The van der Waals surface area contributed by atoms with Crippen molar-refractivity contribution >= 4 is 5.91 Å². The van der Waals surface area contributed by atoms with Gasteiger partial charge in [0.15, 0.2) is 0 Å². The minimum absolute atomic E-state index is 0.0234. The van der Waals surface area contributed by atoms with Gasteiger partial charge in [-0.2, -0.15) is 0 Å². The van der Waals surface area contributed by atoms with Crippen LogP contribution in [0.1, 0.15) is 38.5 Å². The van der Waals surface area contributed by atoms with E-state index in [0.29, 0.717) is 12.6 Å². The fourth-order valence-electron chi connectivity index (χ4n) is 3.23. The molecule has 2 fully saturated rings. The zero-order valence-electron chi connectivity index (χ0n) is 10.8. The molecule has 1 aliphatic heterocycles. The third-order valence-corrected chi connectivity index (χ3v) is 4.20. The van der Waals surface area contributed by atoms with Crippen LogP contribution in [0.25, 0.3) is 0 Å². The van der Waals surface area contributed by atoms with Gasteiger partial charge in [-0.1, -0.05) is 19.3 Å². The molecule has 0 aromatic heterocycles. The van der Waals surface area contributed by atoms with E-state index in [1.54, 1.807) is 0 Å². The molecule has 0 spiro atoms. The molecule has 1 amide bonds. The van der Waals surface area contributed by atoms with Crippen LogP contribution in [0, 0.1) is 0 Å². The lowest BCUT2D eigenvalue weighted by atomic mass is 9.93. The van der Waals surface area contributed by atoms with Crippen LogP contribution < -0.4 is 0 Å². The third-order valence-electron chi connectivity index (χ3n) is 4.20. The lowest BCUT2D eigenvalue weighted by Crippen LogP contribution is -2.48. The van der Waals surface area contributed by atoms with Crippen molar-refractivity contribution in [1.82, 2.24) is 9.80 Å². The zero-order valence-corrected chi connectivity index (χ0v) is 10.8. The van der Waals surface area contributed by atoms with Crippen LogP contribution in [0.3, 0.4) is 0 Å². The van der Waals surface area contributed by atoms with Crippen molar-refractivity contribution in [3.8, 4) is 0 Å². The topological polar surface area (TPSA) is 43.8 Å². The van der Waals surface area contributed by atoms with Crippen molar-refractivity contribution in [2.45, 2.75) is 50.6 Å². The minimum atomic E-state index is 0.0234. The molecule has 4 nitrogen and oxygen atoms in total. The first-order valence-electron chi connectivity index (χ1n) is 6.85. The van der Waals surface area contributed by atoms with Gasteiger partial charge >= 0.3 is 0 Å². The molecule has 0 aromatic carbocycles. The molecule has 1 aliphatic carbocycles. The summed E-state index contributed by atoms with van der Waals surface area (Å²) < 4.78 is 0. The molecule has 1 heterocycles. The highest BCUT2D eigenvalue weighted by molar-refractivity contribution is 5.83. The van der Waals surface area contributed by atoms with Crippen LogP contribution in [-0.4, -0.2) is 59.6 Å². The Labute approximate surface area is 104 Å². The Hall–Kier alpha value is -0.610. The van der Waals surface area contributed by atoms with Crippen molar-refractivity contribution in [2.75, 3.05) is 26.7 Å². The molecule has 2 aliphatic rings. The quantitative estimate of drug-likeness (QED) is 0.792. The number of likely N-dealkylation sites (N-methyl/N-ethyl adjacent to an activating group) is 1. The average Bonchev–Trinajstić information content (AvgIpc) is 2.69. The van der Waals surface area contributed by atoms with Crippen LogP contribution in [0.5, 0.6) is 0 Å². The van der Waals surface area contributed by atoms with Gasteiger partial charge in [-0.15, -0.1) is 0 Å². The van der Waals surface area contributed by atoms with Gasteiger partial charge in [0.05, 0.1) is 12.6 Å². The normalized spacial score (nSPS) is 27.1. The van der Waals surface area contributed by atoms with E-state index in [0.717, 1.165) is 13.0 Å². The van der Waals surface area contributed by atoms with Gasteiger partial charge in [0.2, 0.25) is 5.91 Å². The van der Waals surface area contributed by atoms with E-state index in [-0.39, 0.29) is 18.6 Å². The Balaban J connectivity index is 2.02. The van der Waals surface area contributed by atoms with E-state index in [9.17, 15) is 9.90 Å². The summed E-state index contributed by atoms with van der Waals surface area (Å²) in [6.07, 6.45) is 7.15. The van der Waals surface area contributed by atoms with Crippen molar-refractivity contribution in [1.29, 1.82) is 0 Å². The van der Waals surface area contributed by atoms with E-state index in [1.165, 1.54) is 32.1 Å². The number of hydrogen-bond donors (Lipinski definition) is 1. The highest BCUT2D eigenvalue weighted by atomic mass is 16.3. The number of carbonyl (C=O) groups is 1. The summed E-state index contributed by atoms with van der Waals surface area (Å²) in [5, 5.41) is 9.21. The number of aliphatic hydroxyl groups excluding tert-OH is 1. The molecule has 1 unspecified atom stereocenters. The van der Waals surface area contributed by atoms with E-state index >= 15 is 0 Å². The second-order valence-electron chi connectivity index (χ2n) is 5.32. The van der Waals surface area contributed by atoms with Gasteiger partial charge in [0, 0.05) is 26.2 Å². The summed E-state index contributed by atoms with van der Waals surface area (Å²) in [6, 6.07) is 0.534. The van der Waals surface area contributed by atoms with Gasteiger partial charge < -0.3 is 10.0 Å². The standard InChI is InChI=1S/C13H24N2O2/c1-14-8-7-12(13(14)17)15(9-10-16)11-5-3-2-4-6-11/h11-12,16H,2-10H2,1H3. The third kappa shape index (κ3) is 2.80. The van der Waals surface area contributed by atoms with Crippen LogP contribution in [-0.2, 0) is 4.79 Å². The maximum atomic E-state index is 12.1. The van der Waals surface area contributed by atoms with E-state index in [1.807, 2.05) is 11.9 Å². The molecular formula is C13H24N2O2. The van der Waals surface area contributed by atoms with Crippen molar-refractivity contribution < 1.29 is 9.90 Å². The molecule has 2 rings (SSSR count). The number of amides is 1. The molecule has 1 saturated heterocycles. The van der Waals surface area contributed by atoms with Crippen LogP contribution in [0.4, 0.5) is 0 Å². The second-order valence-corrected chi connectivity index (χ2v) is 5.32. The molecular weight excluding hydrogens is 216 g/mol. The fourth-order valence-corrected chi connectivity index (χ4v) is 3.23. The summed E-state index contributed by atoms with van der Waals surface area (Å²) >= 11 is 0. The Morgan fingerprint density at radius 1 is 1.29 bits per heavy atom. The van der Waals surface area contributed by atoms with E-state index in [4.69, 9.17) is 0 Å². The predicted molar refractivity (Wildman–Crippen MR) is 66.7 cm³/mol.